The Morgan fingerprint density at radius 1 is 0.952 bits per heavy atom. The van der Waals surface area contributed by atoms with Gasteiger partial charge in [0.2, 0.25) is 9.84 Å². The maximum absolute atomic E-state index is 13.8. The quantitative estimate of drug-likeness (QED) is 0.138. The number of rotatable bonds is 12. The molecule has 0 bridgehead atoms. The number of halogens is 1. The van der Waals surface area contributed by atoms with E-state index < -0.39 is 26.0 Å². The van der Waals surface area contributed by atoms with Crippen molar-refractivity contribution in [1.29, 1.82) is 0 Å². The molecule has 1 amide bonds. The van der Waals surface area contributed by atoms with E-state index in [9.17, 15) is 26.2 Å². The average Bonchev–Trinajstić information content (AvgIpc) is 3.31. The predicted octanol–water partition coefficient (Wildman–Crippen LogP) is 5.49. The van der Waals surface area contributed by atoms with Gasteiger partial charge in [-0.05, 0) is 98.8 Å². The number of amides is 1. The molecule has 1 heterocycles. The highest BCUT2D eigenvalue weighted by Gasteiger charge is 2.30. The molecule has 0 aliphatic carbocycles. The molecule has 0 aliphatic heterocycles. The summed E-state index contributed by atoms with van der Waals surface area (Å²) >= 11 is 6.19. The Labute approximate surface area is 250 Å². The largest absolute Gasteiger partial charge is 0.497 e. The zero-order chi connectivity index (χ0) is 30.7. The van der Waals surface area contributed by atoms with E-state index >= 15 is 0 Å². The van der Waals surface area contributed by atoms with Crippen molar-refractivity contribution in [2.24, 2.45) is 0 Å². The minimum absolute atomic E-state index is 0.0280. The lowest BCUT2D eigenvalue weighted by Crippen LogP contribution is -2.31. The number of aryl methyl sites for hydroxylation is 2. The van der Waals surface area contributed by atoms with Gasteiger partial charge in [0, 0.05) is 29.0 Å². The van der Waals surface area contributed by atoms with Gasteiger partial charge in [-0.25, -0.2) is 12.7 Å². The van der Waals surface area contributed by atoms with Gasteiger partial charge in [0.1, 0.15) is 16.3 Å². The van der Waals surface area contributed by atoms with Gasteiger partial charge in [0.05, 0.1) is 17.7 Å². The van der Waals surface area contributed by atoms with E-state index in [2.05, 4.69) is 10.3 Å². The van der Waals surface area contributed by atoms with Gasteiger partial charge in [-0.15, -0.1) is 0 Å². The van der Waals surface area contributed by atoms with Crippen LogP contribution in [-0.2, 0) is 20.1 Å². The van der Waals surface area contributed by atoms with Crippen molar-refractivity contribution in [3.8, 4) is 5.75 Å². The molecule has 4 aromatic rings. The molecular weight excluding hydrogens is 602 g/mol. The number of unbranched alkanes of at least 4 members (excludes halogenated alkanes) is 2. The summed E-state index contributed by atoms with van der Waals surface area (Å²) in [5, 5.41) is 3.41. The molecule has 0 fully saturated rings. The van der Waals surface area contributed by atoms with Gasteiger partial charge in [-0.2, -0.15) is 8.42 Å². The van der Waals surface area contributed by atoms with Crippen LogP contribution in [0.15, 0.2) is 70.5 Å². The fourth-order valence-electron chi connectivity index (χ4n) is 4.76. The first-order chi connectivity index (χ1) is 19.8. The third kappa shape index (κ3) is 7.06. The van der Waals surface area contributed by atoms with Gasteiger partial charge in [0.25, 0.3) is 5.91 Å². The van der Waals surface area contributed by atoms with Crippen molar-refractivity contribution in [1.82, 2.24) is 10.3 Å². The van der Waals surface area contributed by atoms with Crippen LogP contribution in [0.25, 0.3) is 10.9 Å². The number of hydrogen-bond acceptors (Lipinski definition) is 6. The molecule has 0 aliphatic rings. The Morgan fingerprint density at radius 2 is 1.62 bits per heavy atom. The number of carbonyl (C=O) groups is 1. The summed E-state index contributed by atoms with van der Waals surface area (Å²) in [4.78, 5) is 16.1. The SMILES string of the molecule is COc1ccc(N(CCCCCNC(=O)c2[nH]c3ccc(Cl)cc3c2S(=O)(=O)c2cc(C)cc(C)c2)S(=O)(=O)O)cc1. The van der Waals surface area contributed by atoms with Gasteiger partial charge in [-0.1, -0.05) is 17.7 Å². The molecule has 0 spiro atoms. The van der Waals surface area contributed by atoms with Crippen molar-refractivity contribution in [2.45, 2.75) is 42.9 Å². The lowest BCUT2D eigenvalue weighted by molar-refractivity contribution is 0.0945. The van der Waals surface area contributed by atoms with Crippen molar-refractivity contribution in [2.75, 3.05) is 24.5 Å². The molecule has 10 nitrogen and oxygen atoms in total. The van der Waals surface area contributed by atoms with Crippen LogP contribution in [0.5, 0.6) is 5.75 Å². The maximum atomic E-state index is 13.8. The van der Waals surface area contributed by atoms with E-state index in [-0.39, 0.29) is 28.6 Å². The number of anilines is 1. The number of benzene rings is 3. The lowest BCUT2D eigenvalue weighted by Gasteiger charge is -2.21. The van der Waals surface area contributed by atoms with Gasteiger partial charge >= 0.3 is 10.3 Å². The zero-order valence-electron chi connectivity index (χ0n) is 23.3. The third-order valence-corrected chi connectivity index (χ3v) is 9.68. The summed E-state index contributed by atoms with van der Waals surface area (Å²) < 4.78 is 67.2. The molecular formula is C29H32ClN3O7S2. The predicted molar refractivity (Wildman–Crippen MR) is 163 cm³/mol. The molecule has 0 unspecified atom stereocenters. The minimum Gasteiger partial charge on any atom is -0.497 e. The fraction of sp³-hybridized carbons (Fsp3) is 0.276. The molecule has 0 saturated carbocycles. The Bertz CT molecular complexity index is 1800. The Kier molecular flexibility index (Phi) is 9.51. The highest BCUT2D eigenvalue weighted by atomic mass is 35.5. The van der Waals surface area contributed by atoms with Crippen molar-refractivity contribution >= 4 is 54.2 Å². The number of ether oxygens (including phenoxy) is 1. The number of fused-ring (bicyclic) bond motifs is 1. The molecule has 3 aromatic carbocycles. The Balaban J connectivity index is 1.46. The van der Waals surface area contributed by atoms with Crippen LogP contribution in [0.3, 0.4) is 0 Å². The number of hydrogen-bond donors (Lipinski definition) is 3. The summed E-state index contributed by atoms with van der Waals surface area (Å²) in [7, 11) is -7.10. The first kappa shape index (κ1) is 31.4. The van der Waals surface area contributed by atoms with Crippen LogP contribution in [0.4, 0.5) is 5.69 Å². The maximum Gasteiger partial charge on any atom is 0.359 e. The number of aromatic nitrogens is 1. The number of nitrogens with zero attached hydrogens (tertiary/aromatic N) is 1. The van der Waals surface area contributed by atoms with E-state index in [4.69, 9.17) is 16.3 Å². The summed E-state index contributed by atoms with van der Waals surface area (Å²) in [5.41, 5.74) is 2.21. The van der Waals surface area contributed by atoms with Gasteiger partial charge in [0.15, 0.2) is 0 Å². The number of H-pyrrole nitrogens is 1. The van der Waals surface area contributed by atoms with Gasteiger partial charge in [-0.3, -0.25) is 9.35 Å². The molecule has 42 heavy (non-hydrogen) atoms. The summed E-state index contributed by atoms with van der Waals surface area (Å²) in [5.74, 6) is -0.0455. The topological polar surface area (TPSA) is 146 Å². The van der Waals surface area contributed by atoms with Crippen molar-refractivity contribution < 1.29 is 30.9 Å². The number of aromatic amines is 1. The second kappa shape index (κ2) is 12.7. The molecule has 13 heteroatoms. The molecule has 0 radical (unpaired) electrons. The van der Waals surface area contributed by atoms with E-state index in [1.807, 2.05) is 6.07 Å². The zero-order valence-corrected chi connectivity index (χ0v) is 25.7. The Morgan fingerprint density at radius 3 is 2.24 bits per heavy atom. The smallest absolute Gasteiger partial charge is 0.359 e. The minimum atomic E-state index is -4.49. The van der Waals surface area contributed by atoms with E-state index in [0.29, 0.717) is 46.6 Å². The highest BCUT2D eigenvalue weighted by Crippen LogP contribution is 2.34. The molecule has 1 aromatic heterocycles. The van der Waals surface area contributed by atoms with Crippen LogP contribution in [0.2, 0.25) is 5.02 Å². The summed E-state index contributed by atoms with van der Waals surface area (Å²) in [6, 6.07) is 16.0. The standard InChI is InChI=1S/C29H32ClN3O7S2/c1-19-15-20(2)17-24(16-19)41(35,36)28-25-18-21(30)7-12-26(25)32-27(28)29(34)31-13-5-4-6-14-33(42(37,38)39)22-8-10-23(40-3)11-9-22/h7-12,15-18,32H,4-6,13-14H2,1-3H3,(H,31,34)(H,37,38,39). The second-order valence-electron chi connectivity index (χ2n) is 9.91. The van der Waals surface area contributed by atoms with E-state index in [1.54, 1.807) is 50.2 Å². The fourth-order valence-corrected chi connectivity index (χ4v) is 7.47. The van der Waals surface area contributed by atoms with E-state index in [0.717, 1.165) is 15.4 Å². The monoisotopic (exact) mass is 633 g/mol. The third-order valence-electron chi connectivity index (χ3n) is 6.68. The normalized spacial score (nSPS) is 11.9. The number of nitrogens with one attached hydrogen (secondary N) is 2. The molecule has 4 rings (SSSR count). The highest BCUT2D eigenvalue weighted by molar-refractivity contribution is 7.91. The average molecular weight is 634 g/mol. The first-order valence-corrected chi connectivity index (χ1v) is 16.4. The number of methoxy groups -OCH3 is 1. The number of sulfone groups is 1. The van der Waals surface area contributed by atoms with Crippen LogP contribution in [0.1, 0.15) is 40.9 Å². The van der Waals surface area contributed by atoms with Crippen molar-refractivity contribution in [3.05, 3.63) is 82.5 Å². The van der Waals surface area contributed by atoms with Crippen molar-refractivity contribution in [3.63, 3.8) is 0 Å². The van der Waals surface area contributed by atoms with Gasteiger partial charge < -0.3 is 15.0 Å². The van der Waals surface area contributed by atoms with E-state index in [1.165, 1.54) is 25.3 Å². The summed E-state index contributed by atoms with van der Waals surface area (Å²) in [6.07, 6.45) is 1.41. The Hall–Kier alpha value is -3.58. The number of carbonyl (C=O) groups excluding carboxylic acids is 1. The molecule has 224 valence electrons. The first-order valence-electron chi connectivity index (χ1n) is 13.1. The molecule has 0 atom stereocenters. The van der Waals surface area contributed by atoms with Crippen LogP contribution >= 0.6 is 11.6 Å². The van der Waals surface area contributed by atoms with Crippen LogP contribution < -0.4 is 14.4 Å². The van der Waals surface area contributed by atoms with Crippen LogP contribution in [0, 0.1) is 13.8 Å². The summed E-state index contributed by atoms with van der Waals surface area (Å²) in [6.45, 7) is 3.85. The second-order valence-corrected chi connectivity index (χ2v) is 13.6. The molecule has 3 N–H and O–H groups in total. The van der Waals surface area contributed by atoms with Crippen LogP contribution in [-0.4, -0.2) is 52.5 Å². The lowest BCUT2D eigenvalue weighted by atomic mass is 10.2. The molecule has 0 saturated heterocycles.